The molecule has 6 heteroatoms. The Morgan fingerprint density at radius 2 is 2.04 bits per heavy atom. The van der Waals surface area contributed by atoms with E-state index >= 15 is 0 Å². The summed E-state index contributed by atoms with van der Waals surface area (Å²) in [6.45, 7) is 2.45. The summed E-state index contributed by atoms with van der Waals surface area (Å²) in [5.41, 5.74) is 1.73. The van der Waals surface area contributed by atoms with Gasteiger partial charge in [0.05, 0.1) is 6.61 Å². The molecule has 1 unspecified atom stereocenters. The first-order valence-electron chi connectivity index (χ1n) is 7.89. The Bertz CT molecular complexity index is 741. The predicted molar refractivity (Wildman–Crippen MR) is 86.5 cm³/mol. The van der Waals surface area contributed by atoms with Gasteiger partial charge in [-0.15, -0.1) is 0 Å². The fourth-order valence-corrected chi connectivity index (χ4v) is 2.92. The number of piperidine rings is 1. The van der Waals surface area contributed by atoms with Crippen molar-refractivity contribution >= 4 is 17.1 Å². The molecule has 0 radical (unpaired) electrons. The van der Waals surface area contributed by atoms with Gasteiger partial charge in [-0.3, -0.25) is 0 Å². The summed E-state index contributed by atoms with van der Waals surface area (Å²) in [5.74, 6) is 0.419. The molecule has 118 valence electrons. The molecule has 6 nitrogen and oxygen atoms in total. The fourth-order valence-electron chi connectivity index (χ4n) is 2.92. The molecular formula is C17H18N4O2. The Morgan fingerprint density at radius 1 is 1.17 bits per heavy atom. The molecule has 1 saturated heterocycles. The normalized spacial score (nSPS) is 18.3. The van der Waals surface area contributed by atoms with Gasteiger partial charge in [-0.2, -0.15) is 4.98 Å². The first-order valence-corrected chi connectivity index (χ1v) is 7.89. The summed E-state index contributed by atoms with van der Waals surface area (Å²) < 4.78 is 11.6. The number of anilines is 1. The van der Waals surface area contributed by atoms with Gasteiger partial charge in [-0.25, -0.2) is 9.97 Å². The van der Waals surface area contributed by atoms with E-state index in [4.69, 9.17) is 9.15 Å². The Hall–Kier alpha value is -2.63. The van der Waals surface area contributed by atoms with Crippen molar-refractivity contribution in [3.63, 3.8) is 0 Å². The van der Waals surface area contributed by atoms with Crippen LogP contribution in [0.25, 0.3) is 11.1 Å². The first-order chi connectivity index (χ1) is 11.4. The lowest BCUT2D eigenvalue weighted by molar-refractivity contribution is 0.212. The van der Waals surface area contributed by atoms with E-state index in [0.29, 0.717) is 24.5 Å². The maximum atomic E-state index is 5.87. The third kappa shape index (κ3) is 3.11. The summed E-state index contributed by atoms with van der Waals surface area (Å²) >= 11 is 0. The van der Waals surface area contributed by atoms with Gasteiger partial charge in [-0.05, 0) is 31.0 Å². The van der Waals surface area contributed by atoms with Crippen LogP contribution in [0.15, 0.2) is 47.1 Å². The average Bonchev–Trinajstić information content (AvgIpc) is 3.05. The minimum Gasteiger partial charge on any atom is -0.463 e. The Kier molecular flexibility index (Phi) is 3.80. The monoisotopic (exact) mass is 310 g/mol. The second-order valence-electron chi connectivity index (χ2n) is 5.76. The maximum absolute atomic E-state index is 5.87. The minimum atomic E-state index is 0.419. The minimum absolute atomic E-state index is 0.419. The third-order valence-electron chi connectivity index (χ3n) is 4.06. The number of ether oxygens (including phenoxy) is 1. The van der Waals surface area contributed by atoms with E-state index in [9.17, 15) is 0 Å². The number of oxazole rings is 1. The van der Waals surface area contributed by atoms with Gasteiger partial charge in [-0.1, -0.05) is 12.1 Å². The van der Waals surface area contributed by atoms with Crippen molar-refractivity contribution in [3.8, 4) is 6.01 Å². The van der Waals surface area contributed by atoms with E-state index in [1.807, 2.05) is 24.3 Å². The topological polar surface area (TPSA) is 64.3 Å². The second-order valence-corrected chi connectivity index (χ2v) is 5.76. The number of nitrogens with zero attached hydrogens (tertiary/aromatic N) is 4. The lowest BCUT2D eigenvalue weighted by atomic mass is 9.99. The van der Waals surface area contributed by atoms with E-state index in [1.54, 1.807) is 18.5 Å². The van der Waals surface area contributed by atoms with Gasteiger partial charge < -0.3 is 14.1 Å². The number of fused-ring (bicyclic) bond motifs is 1. The maximum Gasteiger partial charge on any atom is 0.316 e. The molecule has 4 rings (SSSR count). The second kappa shape index (κ2) is 6.24. The van der Waals surface area contributed by atoms with Gasteiger partial charge >= 0.3 is 6.01 Å². The summed E-state index contributed by atoms with van der Waals surface area (Å²) in [4.78, 5) is 15.0. The van der Waals surface area contributed by atoms with E-state index in [1.165, 1.54) is 0 Å². The van der Waals surface area contributed by atoms with Crippen molar-refractivity contribution in [3.05, 3.63) is 42.7 Å². The van der Waals surface area contributed by atoms with Crippen LogP contribution in [-0.4, -0.2) is 34.6 Å². The smallest absolute Gasteiger partial charge is 0.316 e. The predicted octanol–water partition coefficient (Wildman–Crippen LogP) is 2.91. The van der Waals surface area contributed by atoms with Crippen LogP contribution in [-0.2, 0) is 0 Å². The Morgan fingerprint density at radius 3 is 2.91 bits per heavy atom. The van der Waals surface area contributed by atoms with E-state index in [0.717, 1.165) is 37.0 Å². The molecule has 0 N–H and O–H groups in total. The van der Waals surface area contributed by atoms with Crippen LogP contribution in [0, 0.1) is 5.92 Å². The van der Waals surface area contributed by atoms with Crippen LogP contribution in [0.4, 0.5) is 6.01 Å². The molecule has 0 spiro atoms. The summed E-state index contributed by atoms with van der Waals surface area (Å²) in [5, 5.41) is 0. The van der Waals surface area contributed by atoms with Gasteiger partial charge in [0.1, 0.15) is 5.52 Å². The van der Waals surface area contributed by atoms with Crippen molar-refractivity contribution < 1.29 is 9.15 Å². The molecule has 0 amide bonds. The zero-order chi connectivity index (χ0) is 15.5. The molecule has 1 atom stereocenters. The lowest BCUT2D eigenvalue weighted by Crippen LogP contribution is -2.38. The molecule has 23 heavy (non-hydrogen) atoms. The molecule has 1 aliphatic heterocycles. The van der Waals surface area contributed by atoms with Gasteiger partial charge in [0.25, 0.3) is 6.01 Å². The molecule has 0 saturated carbocycles. The summed E-state index contributed by atoms with van der Waals surface area (Å²) in [6, 6.07) is 10.8. The van der Waals surface area contributed by atoms with Gasteiger partial charge in [0.15, 0.2) is 5.58 Å². The molecule has 1 aliphatic rings. The third-order valence-corrected chi connectivity index (χ3v) is 4.06. The fraction of sp³-hybridized carbons (Fsp3) is 0.353. The highest BCUT2D eigenvalue weighted by molar-refractivity contribution is 5.74. The Balaban J connectivity index is 1.42. The SMILES string of the molecule is c1cnc(OCC2CCCN(c3nc4ccccc4o3)C2)nc1. The van der Waals surface area contributed by atoms with Crippen molar-refractivity contribution in [2.45, 2.75) is 12.8 Å². The van der Waals surface area contributed by atoms with Crippen molar-refractivity contribution in [2.24, 2.45) is 5.92 Å². The molecule has 3 heterocycles. The van der Waals surface area contributed by atoms with Crippen LogP contribution in [0.3, 0.4) is 0 Å². The molecule has 0 aliphatic carbocycles. The van der Waals surface area contributed by atoms with Crippen LogP contribution in [0.2, 0.25) is 0 Å². The summed E-state index contributed by atoms with van der Waals surface area (Å²) in [6.07, 6.45) is 5.60. The van der Waals surface area contributed by atoms with Crippen LogP contribution in [0.1, 0.15) is 12.8 Å². The highest BCUT2D eigenvalue weighted by atomic mass is 16.5. The standard InChI is InChI=1S/C17H18N4O2/c1-2-7-15-14(6-1)20-17(23-15)21-10-3-5-13(11-21)12-22-16-18-8-4-9-19-16/h1-2,4,6-9,13H,3,5,10-12H2. The molecule has 0 bridgehead atoms. The van der Waals surface area contributed by atoms with Gasteiger partial charge in [0.2, 0.25) is 0 Å². The van der Waals surface area contributed by atoms with Crippen LogP contribution in [0.5, 0.6) is 6.01 Å². The number of hydrogen-bond acceptors (Lipinski definition) is 6. The molecule has 1 fully saturated rings. The van der Waals surface area contributed by atoms with E-state index < -0.39 is 0 Å². The van der Waals surface area contributed by atoms with Crippen LogP contribution < -0.4 is 9.64 Å². The van der Waals surface area contributed by atoms with Crippen molar-refractivity contribution in [2.75, 3.05) is 24.6 Å². The first kappa shape index (κ1) is 14.0. The summed E-state index contributed by atoms with van der Waals surface area (Å²) in [7, 11) is 0. The Labute approximate surface area is 134 Å². The van der Waals surface area contributed by atoms with Crippen molar-refractivity contribution in [1.29, 1.82) is 0 Å². The van der Waals surface area contributed by atoms with Gasteiger partial charge in [0, 0.05) is 31.4 Å². The lowest BCUT2D eigenvalue weighted by Gasteiger charge is -2.31. The number of hydrogen-bond donors (Lipinski definition) is 0. The highest BCUT2D eigenvalue weighted by Crippen LogP contribution is 2.26. The molecule has 3 aromatic rings. The molecule has 1 aromatic carbocycles. The number of rotatable bonds is 4. The zero-order valence-corrected chi connectivity index (χ0v) is 12.8. The van der Waals surface area contributed by atoms with E-state index in [2.05, 4.69) is 19.9 Å². The quantitative estimate of drug-likeness (QED) is 0.738. The number of benzene rings is 1. The highest BCUT2D eigenvalue weighted by Gasteiger charge is 2.24. The zero-order valence-electron chi connectivity index (χ0n) is 12.8. The van der Waals surface area contributed by atoms with E-state index in [-0.39, 0.29) is 0 Å². The molecule has 2 aromatic heterocycles. The van der Waals surface area contributed by atoms with Crippen LogP contribution >= 0.6 is 0 Å². The molecular weight excluding hydrogens is 292 g/mol. The largest absolute Gasteiger partial charge is 0.463 e. The number of para-hydroxylation sites is 2. The number of aromatic nitrogens is 3. The average molecular weight is 310 g/mol. The van der Waals surface area contributed by atoms with Crippen molar-refractivity contribution in [1.82, 2.24) is 15.0 Å².